The molecule has 4 heterocycles. The fourth-order valence-corrected chi connectivity index (χ4v) is 15.1. The van der Waals surface area contributed by atoms with Gasteiger partial charge in [0.1, 0.15) is 5.01 Å². The van der Waals surface area contributed by atoms with Gasteiger partial charge in [0.05, 0.1) is 11.4 Å². The first-order valence-corrected chi connectivity index (χ1v) is 20.5. The second-order valence-electron chi connectivity index (χ2n) is 15.8. The SMILES string of the molecule is c1sc(CNC23CC4CC(CC(C4)C2)C3)cc1-c1csc(-c2ccc(-c3nnc(CNC45CC6CC(CC(C6)C4)C5)s3)s2)c1. The Hall–Kier alpha value is -1.42. The van der Waals surface area contributed by atoms with Crippen LogP contribution in [0.1, 0.15) is 86.9 Å². The Morgan fingerprint density at radius 1 is 0.591 bits per heavy atom. The largest absolute Gasteiger partial charge is 0.306 e. The Labute approximate surface area is 277 Å². The normalized spacial score (nSPS) is 36.5. The van der Waals surface area contributed by atoms with Gasteiger partial charge in [-0.3, -0.25) is 0 Å². The van der Waals surface area contributed by atoms with E-state index in [1.807, 2.05) is 34.0 Å². The molecular weight excluding hydrogens is 617 g/mol. The van der Waals surface area contributed by atoms with Crippen molar-refractivity contribution in [3.05, 3.63) is 44.9 Å². The quantitative estimate of drug-likeness (QED) is 0.188. The van der Waals surface area contributed by atoms with Crippen molar-refractivity contribution in [1.29, 1.82) is 0 Å². The highest BCUT2D eigenvalue weighted by Gasteiger charge is 2.51. The molecule has 0 spiro atoms. The summed E-state index contributed by atoms with van der Waals surface area (Å²) in [6.45, 7) is 1.90. The molecule has 0 unspecified atom stereocenters. The van der Waals surface area contributed by atoms with Crippen molar-refractivity contribution in [3.8, 4) is 30.8 Å². The van der Waals surface area contributed by atoms with Crippen molar-refractivity contribution >= 4 is 45.3 Å². The number of aromatic nitrogens is 2. The monoisotopic (exact) mass is 658 g/mol. The van der Waals surface area contributed by atoms with Crippen LogP contribution in [0.25, 0.3) is 30.8 Å². The molecule has 0 saturated heterocycles. The van der Waals surface area contributed by atoms with Gasteiger partial charge >= 0.3 is 0 Å². The number of hydrogen-bond acceptors (Lipinski definition) is 8. The summed E-state index contributed by atoms with van der Waals surface area (Å²) in [7, 11) is 0. The molecular formula is C36H42N4S4. The van der Waals surface area contributed by atoms with E-state index in [0.717, 1.165) is 58.6 Å². The number of thiophene rings is 3. The van der Waals surface area contributed by atoms with Crippen LogP contribution in [0.3, 0.4) is 0 Å². The maximum Gasteiger partial charge on any atom is 0.157 e. The van der Waals surface area contributed by atoms with Crippen LogP contribution in [0.5, 0.6) is 0 Å². The van der Waals surface area contributed by atoms with Crippen molar-refractivity contribution in [3.63, 3.8) is 0 Å². The lowest BCUT2D eigenvalue weighted by Gasteiger charge is -2.57. The van der Waals surface area contributed by atoms with E-state index in [-0.39, 0.29) is 0 Å². The highest BCUT2D eigenvalue weighted by Crippen LogP contribution is 2.57. The van der Waals surface area contributed by atoms with Crippen LogP contribution in [-0.2, 0) is 13.1 Å². The minimum absolute atomic E-state index is 0.377. The van der Waals surface area contributed by atoms with Crippen molar-refractivity contribution < 1.29 is 0 Å². The third-order valence-corrected chi connectivity index (χ3v) is 16.7. The van der Waals surface area contributed by atoms with Crippen LogP contribution < -0.4 is 10.6 Å². The fraction of sp³-hybridized carbons (Fsp3) is 0.611. The average molecular weight is 659 g/mol. The first-order valence-electron chi connectivity index (χ1n) is 17.1. The molecule has 0 aromatic carbocycles. The van der Waals surface area contributed by atoms with Gasteiger partial charge in [-0.15, -0.1) is 44.2 Å². The zero-order chi connectivity index (χ0) is 28.9. The Morgan fingerprint density at radius 2 is 1.14 bits per heavy atom. The molecule has 8 heteroatoms. The Bertz CT molecular complexity index is 1480. The molecule has 230 valence electrons. The van der Waals surface area contributed by atoms with Gasteiger partial charge in [0.15, 0.2) is 5.01 Å². The average Bonchev–Trinajstić information content (AvgIpc) is 3.80. The molecule has 12 rings (SSSR count). The molecule has 4 aromatic rings. The first kappa shape index (κ1) is 27.7. The zero-order valence-electron chi connectivity index (χ0n) is 25.4. The summed E-state index contributed by atoms with van der Waals surface area (Å²) in [5.74, 6) is 5.90. The molecule has 8 saturated carbocycles. The molecule has 8 bridgehead atoms. The fourth-order valence-electron chi connectivity index (χ4n) is 11.4. The van der Waals surface area contributed by atoms with Gasteiger partial charge in [0, 0.05) is 32.3 Å². The summed E-state index contributed by atoms with van der Waals surface area (Å²) >= 11 is 7.42. The van der Waals surface area contributed by atoms with Gasteiger partial charge < -0.3 is 10.6 Å². The van der Waals surface area contributed by atoms with Crippen molar-refractivity contribution in [2.45, 2.75) is 101 Å². The molecule has 0 radical (unpaired) electrons. The van der Waals surface area contributed by atoms with Crippen molar-refractivity contribution in [2.24, 2.45) is 35.5 Å². The number of nitrogens with one attached hydrogen (secondary N) is 2. The molecule has 8 fully saturated rings. The molecule has 0 amide bonds. The maximum atomic E-state index is 4.63. The second-order valence-corrected chi connectivity index (χ2v) is 19.8. The van der Waals surface area contributed by atoms with E-state index < -0.39 is 0 Å². The lowest BCUT2D eigenvalue weighted by Crippen LogP contribution is -2.58. The molecule has 0 aliphatic heterocycles. The molecule has 2 N–H and O–H groups in total. The third-order valence-electron chi connectivity index (χ3n) is 12.4. The van der Waals surface area contributed by atoms with E-state index in [0.29, 0.717) is 11.1 Å². The minimum atomic E-state index is 0.377. The predicted molar refractivity (Wildman–Crippen MR) is 185 cm³/mol. The Balaban J connectivity index is 0.783. The second kappa shape index (κ2) is 10.5. The number of hydrogen-bond donors (Lipinski definition) is 2. The lowest BCUT2D eigenvalue weighted by molar-refractivity contribution is -0.0207. The minimum Gasteiger partial charge on any atom is -0.306 e. The van der Waals surface area contributed by atoms with Gasteiger partial charge in [0.25, 0.3) is 0 Å². The summed E-state index contributed by atoms with van der Waals surface area (Å²) in [5.41, 5.74) is 3.54. The van der Waals surface area contributed by atoms with Gasteiger partial charge in [-0.1, -0.05) is 11.3 Å². The van der Waals surface area contributed by atoms with Crippen LogP contribution in [0.15, 0.2) is 35.0 Å². The summed E-state index contributed by atoms with van der Waals surface area (Å²) in [6, 6.07) is 9.34. The van der Waals surface area contributed by atoms with Crippen LogP contribution in [0.4, 0.5) is 0 Å². The van der Waals surface area contributed by atoms with E-state index in [4.69, 9.17) is 0 Å². The van der Waals surface area contributed by atoms with Crippen LogP contribution >= 0.6 is 45.3 Å². The summed E-state index contributed by atoms with van der Waals surface area (Å²) in [5, 5.41) is 24.2. The zero-order valence-corrected chi connectivity index (χ0v) is 28.6. The molecule has 4 aromatic heterocycles. The van der Waals surface area contributed by atoms with E-state index in [9.17, 15) is 0 Å². The van der Waals surface area contributed by atoms with Crippen LogP contribution in [0.2, 0.25) is 0 Å². The molecule has 44 heavy (non-hydrogen) atoms. The van der Waals surface area contributed by atoms with Gasteiger partial charge in [-0.2, -0.15) is 0 Å². The van der Waals surface area contributed by atoms with Crippen molar-refractivity contribution in [1.82, 2.24) is 20.8 Å². The summed E-state index contributed by atoms with van der Waals surface area (Å²) < 4.78 is 0. The number of nitrogens with zero attached hydrogens (tertiary/aromatic N) is 2. The van der Waals surface area contributed by atoms with E-state index in [2.05, 4.69) is 55.9 Å². The van der Waals surface area contributed by atoms with Gasteiger partial charge in [0.2, 0.25) is 0 Å². The molecule has 4 nitrogen and oxygen atoms in total. The molecule has 8 aliphatic rings. The predicted octanol–water partition coefficient (Wildman–Crippen LogP) is 9.84. The van der Waals surface area contributed by atoms with Crippen LogP contribution in [0, 0.1) is 35.5 Å². The standard InChI is InChI=1S/C36H42N4S4/c1-2-31(34-40-39-33(44-34)18-38-36-14-24-6-25(15-36)8-26(7-24)16-36)43-30(1)32-10-28(20-42-32)27-9-29(41-19-27)17-37-35-11-21-3-22(12-35)5-23(4-21)13-35/h1-2,9-10,19-26,37-38H,3-8,11-18H2. The van der Waals surface area contributed by atoms with Gasteiger partial charge in [-0.05, 0) is 159 Å². The maximum absolute atomic E-state index is 4.63. The van der Waals surface area contributed by atoms with E-state index >= 15 is 0 Å². The smallest absolute Gasteiger partial charge is 0.157 e. The van der Waals surface area contributed by atoms with Crippen LogP contribution in [-0.4, -0.2) is 21.3 Å². The topological polar surface area (TPSA) is 49.8 Å². The highest BCUT2D eigenvalue weighted by molar-refractivity contribution is 7.26. The van der Waals surface area contributed by atoms with Crippen molar-refractivity contribution in [2.75, 3.05) is 0 Å². The third kappa shape index (κ3) is 5.02. The lowest BCUT2D eigenvalue weighted by atomic mass is 9.53. The van der Waals surface area contributed by atoms with E-state index in [1.165, 1.54) is 108 Å². The molecule has 8 aliphatic carbocycles. The Morgan fingerprint density at radius 3 is 1.77 bits per heavy atom. The first-order chi connectivity index (χ1) is 21.5. The molecule has 0 atom stereocenters. The summed E-state index contributed by atoms with van der Waals surface area (Å²) in [4.78, 5) is 5.40. The highest BCUT2D eigenvalue weighted by atomic mass is 32.1. The summed E-state index contributed by atoms with van der Waals surface area (Å²) in [6.07, 6.45) is 17.4. The van der Waals surface area contributed by atoms with E-state index in [1.54, 1.807) is 11.3 Å². The Kier molecular flexibility index (Phi) is 6.63. The number of rotatable bonds is 9. The van der Waals surface area contributed by atoms with Gasteiger partial charge in [-0.25, -0.2) is 0 Å².